The highest BCUT2D eigenvalue weighted by atomic mass is 35.5. The van der Waals surface area contributed by atoms with Gasteiger partial charge in [0.05, 0.1) is 5.02 Å². The van der Waals surface area contributed by atoms with Gasteiger partial charge in [0, 0.05) is 38.3 Å². The number of nitrogens with zero attached hydrogens (tertiary/aromatic N) is 1. The van der Waals surface area contributed by atoms with Crippen molar-refractivity contribution in [3.63, 3.8) is 0 Å². The van der Waals surface area contributed by atoms with Gasteiger partial charge in [0.25, 0.3) is 0 Å². The summed E-state index contributed by atoms with van der Waals surface area (Å²) in [6.45, 7) is 2.50. The molecule has 0 radical (unpaired) electrons. The van der Waals surface area contributed by atoms with E-state index in [0.29, 0.717) is 6.54 Å². The Morgan fingerprint density at radius 3 is 2.46 bits per heavy atom. The van der Waals surface area contributed by atoms with E-state index in [1.165, 1.54) is 25.0 Å². The first kappa shape index (κ1) is 20.6. The fourth-order valence-corrected chi connectivity index (χ4v) is 4.80. The van der Waals surface area contributed by atoms with Crippen LogP contribution < -0.4 is 14.9 Å². The van der Waals surface area contributed by atoms with Gasteiger partial charge in [-0.05, 0) is 36.6 Å². The summed E-state index contributed by atoms with van der Waals surface area (Å²) in [6, 6.07) is 14.3. The zero-order valence-electron chi connectivity index (χ0n) is 15.5. The van der Waals surface area contributed by atoms with E-state index in [4.69, 9.17) is 11.6 Å². The van der Waals surface area contributed by atoms with Crippen molar-refractivity contribution in [2.24, 2.45) is 0 Å². The Labute approximate surface area is 170 Å². The van der Waals surface area contributed by atoms with E-state index < -0.39 is 10.0 Å². The predicted molar refractivity (Wildman–Crippen MR) is 111 cm³/mol. The zero-order chi connectivity index (χ0) is 20.0. The topological polar surface area (TPSA) is 78.5 Å². The number of carbonyl (C=O) groups is 1. The van der Waals surface area contributed by atoms with Crippen LogP contribution in [0.15, 0.2) is 53.4 Å². The second-order valence-electron chi connectivity index (χ2n) is 6.68. The monoisotopic (exact) mass is 421 g/mol. The number of rotatable bonds is 8. The van der Waals surface area contributed by atoms with Crippen LogP contribution in [0.25, 0.3) is 0 Å². The second-order valence-corrected chi connectivity index (χ2v) is 8.82. The summed E-state index contributed by atoms with van der Waals surface area (Å²) >= 11 is 5.93. The largest absolute Gasteiger partial charge is 0.371 e. The average Bonchev–Trinajstić information content (AvgIpc) is 3.21. The molecule has 1 aliphatic heterocycles. The predicted octanol–water partition coefficient (Wildman–Crippen LogP) is 2.93. The normalized spacial score (nSPS) is 14.2. The van der Waals surface area contributed by atoms with Crippen LogP contribution in [0.2, 0.25) is 5.02 Å². The number of sulfonamides is 1. The molecule has 8 heteroatoms. The number of para-hydroxylation sites is 1. The van der Waals surface area contributed by atoms with Gasteiger partial charge in [-0.3, -0.25) is 4.79 Å². The summed E-state index contributed by atoms with van der Waals surface area (Å²) in [7, 11) is -3.74. The molecule has 0 spiro atoms. The molecule has 6 nitrogen and oxygen atoms in total. The first-order valence-corrected chi connectivity index (χ1v) is 11.2. The third kappa shape index (κ3) is 5.25. The van der Waals surface area contributed by atoms with Crippen molar-refractivity contribution in [1.29, 1.82) is 0 Å². The molecule has 1 fully saturated rings. The first-order chi connectivity index (χ1) is 13.5. The molecule has 0 bridgehead atoms. The minimum Gasteiger partial charge on any atom is -0.371 e. The van der Waals surface area contributed by atoms with Crippen LogP contribution in [0.5, 0.6) is 0 Å². The van der Waals surface area contributed by atoms with Gasteiger partial charge in [-0.25, -0.2) is 13.1 Å². The third-order valence-electron chi connectivity index (χ3n) is 4.68. The number of amides is 1. The average molecular weight is 422 g/mol. The number of hydrogen-bond acceptors (Lipinski definition) is 4. The van der Waals surface area contributed by atoms with Crippen molar-refractivity contribution in [2.45, 2.75) is 30.7 Å². The van der Waals surface area contributed by atoms with Gasteiger partial charge >= 0.3 is 0 Å². The van der Waals surface area contributed by atoms with E-state index in [-0.39, 0.29) is 28.8 Å². The summed E-state index contributed by atoms with van der Waals surface area (Å²) in [5.74, 6) is -0.210. The van der Waals surface area contributed by atoms with Crippen LogP contribution in [0.3, 0.4) is 0 Å². The molecular formula is C20H24ClN3O3S. The molecule has 28 heavy (non-hydrogen) atoms. The summed E-state index contributed by atoms with van der Waals surface area (Å²) in [5, 5.41) is 3.02. The Bertz CT molecular complexity index is 928. The maximum atomic E-state index is 12.3. The number of anilines is 1. The highest BCUT2D eigenvalue weighted by Crippen LogP contribution is 2.24. The molecule has 1 heterocycles. The number of nitrogens with one attached hydrogen (secondary N) is 2. The van der Waals surface area contributed by atoms with Crippen LogP contribution >= 0.6 is 11.6 Å². The van der Waals surface area contributed by atoms with E-state index in [1.807, 2.05) is 18.2 Å². The molecule has 0 saturated carbocycles. The lowest BCUT2D eigenvalue weighted by Crippen LogP contribution is -2.31. The maximum absolute atomic E-state index is 12.3. The van der Waals surface area contributed by atoms with Gasteiger partial charge in [-0.2, -0.15) is 0 Å². The van der Waals surface area contributed by atoms with E-state index in [0.717, 1.165) is 24.3 Å². The Morgan fingerprint density at radius 1 is 1.04 bits per heavy atom. The Hall–Kier alpha value is -2.09. The van der Waals surface area contributed by atoms with Crippen LogP contribution in [0.1, 0.15) is 24.8 Å². The molecule has 1 saturated heterocycles. The molecule has 0 unspecified atom stereocenters. The third-order valence-corrected chi connectivity index (χ3v) is 6.65. The Kier molecular flexibility index (Phi) is 6.93. The van der Waals surface area contributed by atoms with E-state index >= 15 is 0 Å². The lowest BCUT2D eigenvalue weighted by Gasteiger charge is -2.21. The van der Waals surface area contributed by atoms with Crippen molar-refractivity contribution in [1.82, 2.24) is 10.0 Å². The van der Waals surface area contributed by atoms with Crippen LogP contribution in [0.4, 0.5) is 5.69 Å². The minimum atomic E-state index is -3.74. The molecule has 2 N–H and O–H groups in total. The molecule has 1 amide bonds. The summed E-state index contributed by atoms with van der Waals surface area (Å²) in [6.07, 6.45) is 2.42. The van der Waals surface area contributed by atoms with Gasteiger partial charge in [0.1, 0.15) is 4.90 Å². The van der Waals surface area contributed by atoms with Gasteiger partial charge < -0.3 is 10.2 Å². The summed E-state index contributed by atoms with van der Waals surface area (Å²) in [5.41, 5.74) is 2.22. The second kappa shape index (κ2) is 9.41. The Balaban J connectivity index is 1.50. The van der Waals surface area contributed by atoms with Crippen molar-refractivity contribution >= 4 is 33.2 Å². The van der Waals surface area contributed by atoms with E-state index in [2.05, 4.69) is 21.0 Å². The quantitative estimate of drug-likeness (QED) is 0.686. The van der Waals surface area contributed by atoms with Gasteiger partial charge in [-0.15, -0.1) is 0 Å². The van der Waals surface area contributed by atoms with Gasteiger partial charge in [-0.1, -0.05) is 41.9 Å². The molecule has 0 aromatic heterocycles. The lowest BCUT2D eigenvalue weighted by molar-refractivity contribution is -0.121. The van der Waals surface area contributed by atoms with E-state index in [1.54, 1.807) is 12.1 Å². The fraction of sp³-hybridized carbons (Fsp3) is 0.350. The summed E-state index contributed by atoms with van der Waals surface area (Å²) in [4.78, 5) is 14.5. The molecule has 1 aliphatic rings. The van der Waals surface area contributed by atoms with Crippen LogP contribution in [-0.2, 0) is 21.4 Å². The van der Waals surface area contributed by atoms with Crippen molar-refractivity contribution < 1.29 is 13.2 Å². The molecular weight excluding hydrogens is 398 g/mol. The maximum Gasteiger partial charge on any atom is 0.242 e. The standard InChI is InChI=1S/C20H24ClN3O3S/c21-17-8-2-4-10-19(17)28(26,27)23-12-11-20(25)22-15-16-7-1-3-9-18(16)24-13-5-6-14-24/h1-4,7-10,23H,5-6,11-15H2,(H,22,25). The molecule has 150 valence electrons. The summed E-state index contributed by atoms with van der Waals surface area (Å²) < 4.78 is 27.0. The number of halogens is 1. The molecule has 2 aromatic carbocycles. The number of benzene rings is 2. The Morgan fingerprint density at radius 2 is 1.71 bits per heavy atom. The molecule has 2 aromatic rings. The smallest absolute Gasteiger partial charge is 0.242 e. The van der Waals surface area contributed by atoms with Gasteiger partial charge in [0.15, 0.2) is 0 Å². The van der Waals surface area contributed by atoms with Crippen LogP contribution in [-0.4, -0.2) is 34.0 Å². The lowest BCUT2D eigenvalue weighted by atomic mass is 10.1. The van der Waals surface area contributed by atoms with E-state index in [9.17, 15) is 13.2 Å². The van der Waals surface area contributed by atoms with Crippen LogP contribution in [0, 0.1) is 0 Å². The number of carbonyl (C=O) groups excluding carboxylic acids is 1. The zero-order valence-corrected chi connectivity index (χ0v) is 17.1. The van der Waals surface area contributed by atoms with Crippen molar-refractivity contribution in [3.8, 4) is 0 Å². The highest BCUT2D eigenvalue weighted by Gasteiger charge is 2.18. The van der Waals surface area contributed by atoms with Gasteiger partial charge in [0.2, 0.25) is 15.9 Å². The molecule has 3 rings (SSSR count). The molecule has 0 atom stereocenters. The molecule has 0 aliphatic carbocycles. The fourth-order valence-electron chi connectivity index (χ4n) is 3.25. The van der Waals surface area contributed by atoms with Crippen molar-refractivity contribution in [2.75, 3.05) is 24.5 Å². The number of hydrogen-bond donors (Lipinski definition) is 2. The first-order valence-electron chi connectivity index (χ1n) is 9.31. The van der Waals surface area contributed by atoms with Crippen molar-refractivity contribution in [3.05, 3.63) is 59.1 Å². The minimum absolute atomic E-state index is 0.00710. The highest BCUT2D eigenvalue weighted by molar-refractivity contribution is 7.89. The SMILES string of the molecule is O=C(CCNS(=O)(=O)c1ccccc1Cl)NCc1ccccc1N1CCCC1.